The Balaban J connectivity index is 2.14. The second-order valence-electron chi connectivity index (χ2n) is 10.9. The van der Waals surface area contributed by atoms with Gasteiger partial charge in [-0.15, -0.1) is 0 Å². The Morgan fingerprint density at radius 3 is 2.32 bits per heavy atom. The molecule has 2 unspecified atom stereocenters. The van der Waals surface area contributed by atoms with Gasteiger partial charge in [-0.25, -0.2) is 5.09 Å². The van der Waals surface area contributed by atoms with Crippen molar-refractivity contribution in [3.05, 3.63) is 29.5 Å². The van der Waals surface area contributed by atoms with E-state index in [1.807, 2.05) is 27.7 Å². The summed E-state index contributed by atoms with van der Waals surface area (Å²) in [5, 5.41) is 29.6. The fourth-order valence-corrected chi connectivity index (χ4v) is 6.27. The number of nitrogens with zero attached hydrogens (tertiary/aromatic N) is 1. The van der Waals surface area contributed by atoms with Gasteiger partial charge in [0.05, 0.1) is 35.5 Å². The van der Waals surface area contributed by atoms with Crippen LogP contribution in [0.4, 0.5) is 5.69 Å². The summed E-state index contributed by atoms with van der Waals surface area (Å²) in [5.41, 5.74) is 1.07. The molecule has 34 heavy (non-hydrogen) atoms. The monoisotopic (exact) mass is 493 g/mol. The minimum atomic E-state index is -3.49. The summed E-state index contributed by atoms with van der Waals surface area (Å²) in [6, 6.07) is 5.25. The van der Waals surface area contributed by atoms with Crippen molar-refractivity contribution >= 4 is 18.5 Å². The Morgan fingerprint density at radius 2 is 1.76 bits per heavy atom. The molecule has 9 heteroatoms. The van der Waals surface area contributed by atoms with E-state index in [0.29, 0.717) is 35.6 Å². The molecule has 0 bridgehead atoms. The van der Waals surface area contributed by atoms with Gasteiger partial charge in [0.15, 0.2) is 0 Å². The molecule has 3 rings (SSSR count). The second-order valence-corrected chi connectivity index (χ2v) is 13.0. The van der Waals surface area contributed by atoms with Crippen molar-refractivity contribution in [3.63, 3.8) is 0 Å². The van der Waals surface area contributed by atoms with E-state index >= 15 is 0 Å². The van der Waals surface area contributed by atoms with Crippen LogP contribution in [0.1, 0.15) is 79.2 Å². The number of rotatable bonds is 7. The maximum absolute atomic E-state index is 13.9. The lowest BCUT2D eigenvalue weighted by Crippen LogP contribution is -2.37. The van der Waals surface area contributed by atoms with Gasteiger partial charge in [-0.3, -0.25) is 4.57 Å². The van der Waals surface area contributed by atoms with Crippen molar-refractivity contribution in [2.45, 2.75) is 79.9 Å². The third kappa shape index (κ3) is 5.24. The molecule has 0 saturated carbocycles. The van der Waals surface area contributed by atoms with Crippen LogP contribution in [-0.2, 0) is 21.0 Å². The first kappa shape index (κ1) is 26.5. The number of anilines is 1. The molecule has 2 atom stereocenters. The molecule has 2 aromatic rings. The summed E-state index contributed by atoms with van der Waals surface area (Å²) < 4.78 is 27.0. The summed E-state index contributed by atoms with van der Waals surface area (Å²) in [7, 11) is -3.49. The van der Waals surface area contributed by atoms with Crippen LogP contribution in [-0.4, -0.2) is 28.0 Å². The highest BCUT2D eigenvalue weighted by molar-refractivity contribution is 7.65. The van der Waals surface area contributed by atoms with Crippen LogP contribution in [0.25, 0.3) is 0 Å². The predicted octanol–water partition coefficient (Wildman–Crippen LogP) is 5.60. The van der Waals surface area contributed by atoms with Gasteiger partial charge < -0.3 is 29.4 Å². The molecule has 4 N–H and O–H groups in total. The first-order valence-electron chi connectivity index (χ1n) is 11.9. The van der Waals surface area contributed by atoms with E-state index in [9.17, 15) is 14.8 Å². The lowest BCUT2D eigenvalue weighted by atomic mass is 9.89. The molecule has 2 heterocycles. The summed E-state index contributed by atoms with van der Waals surface area (Å²) in [6.45, 7) is 17.4. The van der Waals surface area contributed by atoms with E-state index in [1.54, 1.807) is 29.7 Å². The van der Waals surface area contributed by atoms with E-state index in [0.717, 1.165) is 6.42 Å². The van der Waals surface area contributed by atoms with Crippen LogP contribution in [0, 0.1) is 5.41 Å². The third-order valence-corrected chi connectivity index (χ3v) is 8.08. The SMILES string of the molecule is CCOc1ccc2c(c1)NC(c1c(O)c(C(C)(C)C)n(CCC(C)(C)C)c1O)NP2(=O)OCC. The lowest BCUT2D eigenvalue weighted by Gasteiger charge is -2.34. The van der Waals surface area contributed by atoms with Gasteiger partial charge in [0.25, 0.3) is 0 Å². The van der Waals surface area contributed by atoms with Gasteiger partial charge in [0.2, 0.25) is 5.88 Å². The number of aromatic nitrogens is 1. The van der Waals surface area contributed by atoms with Gasteiger partial charge in [-0.1, -0.05) is 41.5 Å². The zero-order valence-electron chi connectivity index (χ0n) is 21.7. The Hall–Kier alpha value is -2.15. The normalized spacial score (nSPS) is 20.6. The number of benzene rings is 1. The van der Waals surface area contributed by atoms with Crippen molar-refractivity contribution in [1.29, 1.82) is 0 Å². The molecule has 0 amide bonds. The van der Waals surface area contributed by atoms with Gasteiger partial charge in [-0.05, 0) is 37.8 Å². The zero-order valence-corrected chi connectivity index (χ0v) is 22.5. The van der Waals surface area contributed by atoms with Crippen LogP contribution < -0.4 is 20.4 Å². The van der Waals surface area contributed by atoms with Crippen molar-refractivity contribution in [2.24, 2.45) is 5.41 Å². The quantitative estimate of drug-likeness (QED) is 0.372. The number of hydrogen-bond acceptors (Lipinski definition) is 6. The first-order valence-corrected chi connectivity index (χ1v) is 13.6. The van der Waals surface area contributed by atoms with E-state index in [-0.39, 0.29) is 29.2 Å². The number of aromatic hydroxyl groups is 2. The van der Waals surface area contributed by atoms with Crippen LogP contribution in [0.2, 0.25) is 0 Å². The largest absolute Gasteiger partial charge is 0.505 e. The number of fused-ring (bicyclic) bond motifs is 1. The Kier molecular flexibility index (Phi) is 7.38. The lowest BCUT2D eigenvalue weighted by molar-refractivity contribution is 0.317. The molecule has 1 aliphatic rings. The average Bonchev–Trinajstić information content (AvgIpc) is 2.95. The topological polar surface area (TPSA) is 105 Å². The summed E-state index contributed by atoms with van der Waals surface area (Å²) >= 11 is 0. The zero-order chi connectivity index (χ0) is 25.5. The van der Waals surface area contributed by atoms with Crippen LogP contribution in [0.3, 0.4) is 0 Å². The van der Waals surface area contributed by atoms with Crippen molar-refractivity contribution < 1.29 is 24.0 Å². The molecular formula is C25H40N3O5P. The van der Waals surface area contributed by atoms with Crippen LogP contribution in [0.5, 0.6) is 17.4 Å². The van der Waals surface area contributed by atoms with E-state index in [2.05, 4.69) is 31.2 Å². The van der Waals surface area contributed by atoms with E-state index in [1.165, 1.54) is 0 Å². The molecule has 0 saturated heterocycles. The number of hydrogen-bond donors (Lipinski definition) is 4. The molecule has 1 aromatic heterocycles. The summed E-state index contributed by atoms with van der Waals surface area (Å²) in [5.74, 6) is 0.560. The Labute approximate surface area is 203 Å². The third-order valence-electron chi connectivity index (χ3n) is 5.84. The molecule has 1 aliphatic heterocycles. The Morgan fingerprint density at radius 1 is 1.09 bits per heavy atom. The van der Waals surface area contributed by atoms with Crippen molar-refractivity contribution in [2.75, 3.05) is 18.5 Å². The molecule has 0 spiro atoms. The maximum atomic E-state index is 13.9. The highest BCUT2D eigenvalue weighted by atomic mass is 31.2. The van der Waals surface area contributed by atoms with Crippen molar-refractivity contribution in [3.8, 4) is 17.4 Å². The molecule has 190 valence electrons. The molecule has 0 fully saturated rings. The minimum absolute atomic E-state index is 0.0172. The number of ether oxygens (including phenoxy) is 1. The van der Waals surface area contributed by atoms with Gasteiger partial charge in [0, 0.05) is 18.0 Å². The fraction of sp³-hybridized carbons (Fsp3) is 0.600. The highest BCUT2D eigenvalue weighted by Gasteiger charge is 2.42. The molecule has 8 nitrogen and oxygen atoms in total. The van der Waals surface area contributed by atoms with Crippen LogP contribution in [0.15, 0.2) is 18.2 Å². The van der Waals surface area contributed by atoms with Crippen LogP contribution >= 0.6 is 7.52 Å². The number of nitrogens with one attached hydrogen (secondary N) is 2. The Bertz CT molecular complexity index is 1080. The van der Waals surface area contributed by atoms with E-state index < -0.39 is 19.1 Å². The second kappa shape index (κ2) is 9.48. The maximum Gasteiger partial charge on any atom is 0.303 e. The smallest absolute Gasteiger partial charge is 0.303 e. The molecule has 1 aromatic carbocycles. The predicted molar refractivity (Wildman–Crippen MR) is 137 cm³/mol. The summed E-state index contributed by atoms with van der Waals surface area (Å²) in [6.07, 6.45) is -0.0282. The highest BCUT2D eigenvalue weighted by Crippen LogP contribution is 2.53. The van der Waals surface area contributed by atoms with E-state index in [4.69, 9.17) is 9.26 Å². The average molecular weight is 494 g/mol. The first-order chi connectivity index (χ1) is 15.7. The van der Waals surface area contributed by atoms with Crippen molar-refractivity contribution in [1.82, 2.24) is 9.65 Å². The standard InChI is InChI=1S/C25H40N3O5P/c1-9-32-16-11-12-18-17(15-16)26-22(27-34(18,31)33-10-2)19-20(29)21(25(6,7)8)28(23(19)30)14-13-24(3,4)5/h11-12,15,22,26,29-30H,9-10,13-14H2,1-8H3,(H,27,31). The molecular weight excluding hydrogens is 453 g/mol. The fourth-order valence-electron chi connectivity index (χ4n) is 4.30. The van der Waals surface area contributed by atoms with Gasteiger partial charge >= 0.3 is 7.52 Å². The molecule has 0 radical (unpaired) electrons. The van der Waals surface area contributed by atoms with Gasteiger partial charge in [-0.2, -0.15) is 0 Å². The molecule has 0 aliphatic carbocycles. The minimum Gasteiger partial charge on any atom is -0.505 e. The van der Waals surface area contributed by atoms with Gasteiger partial charge in [0.1, 0.15) is 17.7 Å². The summed E-state index contributed by atoms with van der Waals surface area (Å²) in [4.78, 5) is 0.